The van der Waals surface area contributed by atoms with Crippen LogP contribution in [0.5, 0.6) is 0 Å². The molecule has 1 amide bonds. The Morgan fingerprint density at radius 2 is 2.15 bits per heavy atom. The second kappa shape index (κ2) is 5.22. The Balaban J connectivity index is 1.59. The molecule has 2 saturated heterocycles. The molecule has 1 spiro atoms. The van der Waals surface area contributed by atoms with Gasteiger partial charge in [0.15, 0.2) is 5.76 Å². The minimum Gasteiger partial charge on any atom is -0.459 e. The van der Waals surface area contributed by atoms with E-state index in [2.05, 4.69) is 19.0 Å². The number of carbonyl (C=O) groups excluding carboxylic acids is 1. The van der Waals surface area contributed by atoms with E-state index in [-0.39, 0.29) is 11.5 Å². The van der Waals surface area contributed by atoms with Crippen molar-refractivity contribution >= 4 is 5.91 Å². The Bertz CT molecular complexity index is 461. The van der Waals surface area contributed by atoms with Gasteiger partial charge >= 0.3 is 0 Å². The molecule has 1 aromatic rings. The predicted molar refractivity (Wildman–Crippen MR) is 74.6 cm³/mol. The molecule has 0 aromatic carbocycles. The van der Waals surface area contributed by atoms with Crippen LogP contribution in [0.1, 0.15) is 29.8 Å². The van der Waals surface area contributed by atoms with Gasteiger partial charge in [-0.05, 0) is 45.5 Å². The van der Waals surface area contributed by atoms with Gasteiger partial charge in [-0.25, -0.2) is 0 Å². The van der Waals surface area contributed by atoms with Crippen LogP contribution < -0.4 is 0 Å². The smallest absolute Gasteiger partial charge is 0.289 e. The van der Waals surface area contributed by atoms with Crippen molar-refractivity contribution in [3.8, 4) is 0 Å². The number of piperidine rings is 1. The van der Waals surface area contributed by atoms with Crippen LogP contribution in [0.15, 0.2) is 22.8 Å². The van der Waals surface area contributed by atoms with Crippen molar-refractivity contribution in [2.75, 3.05) is 33.8 Å². The molecule has 2 aliphatic rings. The van der Waals surface area contributed by atoms with Crippen molar-refractivity contribution < 1.29 is 13.9 Å². The van der Waals surface area contributed by atoms with Crippen molar-refractivity contribution in [2.24, 2.45) is 0 Å². The zero-order valence-electron chi connectivity index (χ0n) is 12.2. The van der Waals surface area contributed by atoms with Gasteiger partial charge in [0.1, 0.15) is 0 Å². The van der Waals surface area contributed by atoms with E-state index in [1.807, 2.05) is 4.90 Å². The Morgan fingerprint density at radius 3 is 2.70 bits per heavy atom. The summed E-state index contributed by atoms with van der Waals surface area (Å²) in [7, 11) is 4.20. The van der Waals surface area contributed by atoms with Gasteiger partial charge in [0.25, 0.3) is 5.91 Å². The maximum Gasteiger partial charge on any atom is 0.289 e. The molecule has 0 N–H and O–H groups in total. The molecule has 2 aliphatic heterocycles. The van der Waals surface area contributed by atoms with Gasteiger partial charge in [-0.3, -0.25) is 4.79 Å². The third kappa shape index (κ3) is 2.47. The van der Waals surface area contributed by atoms with Crippen LogP contribution >= 0.6 is 0 Å². The van der Waals surface area contributed by atoms with Crippen molar-refractivity contribution in [1.82, 2.24) is 9.80 Å². The third-order valence-corrected chi connectivity index (χ3v) is 4.61. The summed E-state index contributed by atoms with van der Waals surface area (Å²) >= 11 is 0. The molecule has 5 heteroatoms. The van der Waals surface area contributed by atoms with Gasteiger partial charge in [-0.1, -0.05) is 0 Å². The minimum absolute atomic E-state index is 0.00740. The molecule has 0 radical (unpaired) electrons. The molecule has 1 unspecified atom stereocenters. The zero-order chi connectivity index (χ0) is 14.2. The first-order chi connectivity index (χ1) is 9.60. The second-order valence-corrected chi connectivity index (χ2v) is 6.09. The lowest BCUT2D eigenvalue weighted by atomic mass is 9.87. The Morgan fingerprint density at radius 1 is 1.40 bits per heavy atom. The van der Waals surface area contributed by atoms with Gasteiger partial charge in [0.05, 0.1) is 18.5 Å². The fraction of sp³-hybridized carbons (Fsp3) is 0.667. The number of carbonyl (C=O) groups is 1. The molecule has 3 heterocycles. The molecule has 1 atom stereocenters. The van der Waals surface area contributed by atoms with Crippen LogP contribution in [0, 0.1) is 0 Å². The number of amides is 1. The first-order valence-corrected chi connectivity index (χ1v) is 7.23. The van der Waals surface area contributed by atoms with E-state index in [0.717, 1.165) is 39.0 Å². The van der Waals surface area contributed by atoms with Crippen LogP contribution in [-0.2, 0) is 4.74 Å². The molecule has 20 heavy (non-hydrogen) atoms. The summed E-state index contributed by atoms with van der Waals surface area (Å²) in [5.41, 5.74) is -0.0190. The van der Waals surface area contributed by atoms with Crippen LogP contribution in [0.3, 0.4) is 0 Å². The van der Waals surface area contributed by atoms with E-state index in [9.17, 15) is 4.79 Å². The second-order valence-electron chi connectivity index (χ2n) is 6.09. The number of likely N-dealkylation sites (N-methyl/N-ethyl adjacent to an activating group) is 1. The number of ether oxygens (including phenoxy) is 1. The van der Waals surface area contributed by atoms with Gasteiger partial charge in [0, 0.05) is 19.1 Å². The van der Waals surface area contributed by atoms with Gasteiger partial charge in [-0.2, -0.15) is 0 Å². The van der Waals surface area contributed by atoms with Gasteiger partial charge in [0.2, 0.25) is 0 Å². The summed E-state index contributed by atoms with van der Waals surface area (Å²) in [5.74, 6) is 0.423. The predicted octanol–water partition coefficient (Wildman–Crippen LogP) is 1.60. The summed E-state index contributed by atoms with van der Waals surface area (Å²) in [4.78, 5) is 16.3. The molecule has 0 bridgehead atoms. The summed E-state index contributed by atoms with van der Waals surface area (Å²) in [6.45, 7) is 2.30. The zero-order valence-corrected chi connectivity index (χ0v) is 12.2. The largest absolute Gasteiger partial charge is 0.459 e. The number of likely N-dealkylation sites (tertiary alicyclic amines) is 1. The SMILES string of the molecule is CN(C)C1COC2(CCN(C(=O)c3ccco3)CC2)C1. The molecule has 2 fully saturated rings. The number of hydrogen-bond acceptors (Lipinski definition) is 4. The van der Waals surface area contributed by atoms with Gasteiger partial charge in [-0.15, -0.1) is 0 Å². The molecule has 5 nitrogen and oxygen atoms in total. The first kappa shape index (κ1) is 13.6. The van der Waals surface area contributed by atoms with Crippen LogP contribution in [0.25, 0.3) is 0 Å². The number of furan rings is 1. The standard InChI is InChI=1S/C15H22N2O3/c1-16(2)12-10-15(20-11-12)5-7-17(8-6-15)14(18)13-4-3-9-19-13/h3-4,9,12H,5-8,10-11H2,1-2H3. The Labute approximate surface area is 119 Å². The highest BCUT2D eigenvalue weighted by Gasteiger charge is 2.44. The van der Waals surface area contributed by atoms with Crippen LogP contribution in [0.4, 0.5) is 0 Å². The van der Waals surface area contributed by atoms with E-state index >= 15 is 0 Å². The first-order valence-electron chi connectivity index (χ1n) is 7.23. The molecular formula is C15H22N2O3. The highest BCUT2D eigenvalue weighted by atomic mass is 16.5. The van der Waals surface area contributed by atoms with Crippen molar-refractivity contribution in [2.45, 2.75) is 30.9 Å². The van der Waals surface area contributed by atoms with Crippen molar-refractivity contribution in [3.05, 3.63) is 24.2 Å². The maximum absolute atomic E-state index is 12.2. The summed E-state index contributed by atoms with van der Waals surface area (Å²) in [6.07, 6.45) is 4.46. The minimum atomic E-state index is -0.0190. The summed E-state index contributed by atoms with van der Waals surface area (Å²) in [6, 6.07) is 3.98. The lowest BCUT2D eigenvalue weighted by molar-refractivity contribution is -0.0396. The van der Waals surface area contributed by atoms with Gasteiger partial charge < -0.3 is 19.0 Å². The molecule has 1 aromatic heterocycles. The molecule has 0 saturated carbocycles. The monoisotopic (exact) mass is 278 g/mol. The average Bonchev–Trinajstić information content (AvgIpc) is 3.09. The van der Waals surface area contributed by atoms with E-state index < -0.39 is 0 Å². The normalized spacial score (nSPS) is 25.6. The number of hydrogen-bond donors (Lipinski definition) is 0. The molecule has 110 valence electrons. The van der Waals surface area contributed by atoms with Crippen molar-refractivity contribution in [3.63, 3.8) is 0 Å². The highest BCUT2D eigenvalue weighted by molar-refractivity contribution is 5.91. The number of nitrogens with zero attached hydrogens (tertiary/aromatic N) is 2. The molecular weight excluding hydrogens is 256 g/mol. The maximum atomic E-state index is 12.2. The fourth-order valence-electron chi connectivity index (χ4n) is 3.17. The third-order valence-electron chi connectivity index (χ3n) is 4.61. The summed E-state index contributed by atoms with van der Waals surface area (Å²) in [5, 5.41) is 0. The van der Waals surface area contributed by atoms with E-state index in [1.54, 1.807) is 18.4 Å². The highest BCUT2D eigenvalue weighted by Crippen LogP contribution is 2.37. The van der Waals surface area contributed by atoms with E-state index in [4.69, 9.17) is 9.15 Å². The Kier molecular flexibility index (Phi) is 3.56. The molecule has 0 aliphatic carbocycles. The lowest BCUT2D eigenvalue weighted by Gasteiger charge is -2.38. The quantitative estimate of drug-likeness (QED) is 0.824. The van der Waals surface area contributed by atoms with E-state index in [0.29, 0.717) is 11.8 Å². The van der Waals surface area contributed by atoms with Crippen LogP contribution in [0.2, 0.25) is 0 Å². The Hall–Kier alpha value is -1.33. The van der Waals surface area contributed by atoms with E-state index in [1.165, 1.54) is 0 Å². The topological polar surface area (TPSA) is 45.9 Å². The van der Waals surface area contributed by atoms with Crippen molar-refractivity contribution in [1.29, 1.82) is 0 Å². The summed E-state index contributed by atoms with van der Waals surface area (Å²) < 4.78 is 11.3. The fourth-order valence-corrected chi connectivity index (χ4v) is 3.17. The van der Waals surface area contributed by atoms with Crippen LogP contribution in [-0.4, -0.2) is 61.1 Å². The average molecular weight is 278 g/mol. The lowest BCUT2D eigenvalue weighted by Crippen LogP contribution is -2.46. The number of rotatable bonds is 2. The molecule has 3 rings (SSSR count).